The molecular weight excluding hydrogens is 232 g/mol. The second-order valence-electron chi connectivity index (χ2n) is 7.92. The van der Waals surface area contributed by atoms with Crippen molar-refractivity contribution in [2.75, 3.05) is 0 Å². The molecule has 1 heterocycles. The molecule has 0 amide bonds. The Balaban J connectivity index is 1.97. The molecule has 1 saturated carbocycles. The van der Waals surface area contributed by atoms with Crippen LogP contribution < -0.4 is 10.6 Å². The van der Waals surface area contributed by atoms with Crippen LogP contribution in [0.3, 0.4) is 0 Å². The first kappa shape index (κ1) is 15.3. The van der Waals surface area contributed by atoms with E-state index in [-0.39, 0.29) is 0 Å². The summed E-state index contributed by atoms with van der Waals surface area (Å²) in [6, 6.07) is 1.39. The van der Waals surface area contributed by atoms with Gasteiger partial charge in [-0.1, -0.05) is 52.9 Å². The molecule has 2 nitrogen and oxygen atoms in total. The molecule has 1 saturated heterocycles. The summed E-state index contributed by atoms with van der Waals surface area (Å²) in [6.07, 6.45) is 11.9. The van der Waals surface area contributed by atoms with Gasteiger partial charge in [-0.2, -0.15) is 0 Å². The summed E-state index contributed by atoms with van der Waals surface area (Å²) in [5, 5.41) is 7.57. The van der Waals surface area contributed by atoms with Crippen molar-refractivity contribution >= 4 is 0 Å². The van der Waals surface area contributed by atoms with Crippen molar-refractivity contribution < 1.29 is 0 Å². The molecule has 0 aromatic rings. The average molecular weight is 266 g/mol. The predicted octanol–water partition coefficient (Wildman–Crippen LogP) is 4.06. The first-order valence-electron chi connectivity index (χ1n) is 8.49. The molecule has 1 aliphatic carbocycles. The highest BCUT2D eigenvalue weighted by Gasteiger charge is 2.35. The van der Waals surface area contributed by atoms with Crippen LogP contribution in [0.1, 0.15) is 79.1 Å². The van der Waals surface area contributed by atoms with Crippen LogP contribution in [0.5, 0.6) is 0 Å². The van der Waals surface area contributed by atoms with Gasteiger partial charge >= 0.3 is 0 Å². The van der Waals surface area contributed by atoms with Crippen molar-refractivity contribution in [3.8, 4) is 0 Å². The maximum Gasteiger partial charge on any atom is 0.0547 e. The van der Waals surface area contributed by atoms with Crippen LogP contribution in [0.25, 0.3) is 0 Å². The van der Waals surface area contributed by atoms with Crippen LogP contribution in [0, 0.1) is 11.3 Å². The third kappa shape index (κ3) is 4.46. The number of hydrogen-bond acceptors (Lipinski definition) is 2. The zero-order valence-electron chi connectivity index (χ0n) is 13.5. The van der Waals surface area contributed by atoms with Gasteiger partial charge in [0.25, 0.3) is 0 Å². The van der Waals surface area contributed by atoms with Gasteiger partial charge in [0, 0.05) is 12.1 Å². The molecule has 3 unspecified atom stereocenters. The lowest BCUT2D eigenvalue weighted by Gasteiger charge is -2.45. The van der Waals surface area contributed by atoms with Gasteiger partial charge in [0.15, 0.2) is 0 Å². The minimum Gasteiger partial charge on any atom is -0.299 e. The van der Waals surface area contributed by atoms with Gasteiger partial charge in [0.1, 0.15) is 0 Å². The fourth-order valence-electron chi connectivity index (χ4n) is 3.88. The summed E-state index contributed by atoms with van der Waals surface area (Å²) in [6.45, 7) is 9.40. The fourth-order valence-corrected chi connectivity index (χ4v) is 3.88. The Kier molecular flexibility index (Phi) is 5.30. The standard InChI is InChI=1S/C17H34N2/c1-13-18-15(12-16(19-13)17(2,3)4)14-10-8-6-5-7-9-11-14/h13-16,18-19H,5-12H2,1-4H3. The molecule has 2 heteroatoms. The first-order chi connectivity index (χ1) is 8.97. The van der Waals surface area contributed by atoms with Crippen molar-refractivity contribution in [3.05, 3.63) is 0 Å². The van der Waals surface area contributed by atoms with Crippen molar-refractivity contribution in [2.45, 2.75) is 97.3 Å². The third-order valence-electron chi connectivity index (χ3n) is 5.17. The molecule has 0 aromatic heterocycles. The Morgan fingerprint density at radius 2 is 1.42 bits per heavy atom. The number of rotatable bonds is 1. The summed E-state index contributed by atoms with van der Waals surface area (Å²) in [5.74, 6) is 0.912. The zero-order chi connectivity index (χ0) is 13.9. The molecule has 0 radical (unpaired) electrons. The Morgan fingerprint density at radius 1 is 0.842 bits per heavy atom. The first-order valence-corrected chi connectivity index (χ1v) is 8.49. The lowest BCUT2D eigenvalue weighted by atomic mass is 9.76. The van der Waals surface area contributed by atoms with Crippen LogP contribution in [0.15, 0.2) is 0 Å². The van der Waals surface area contributed by atoms with Crippen LogP contribution in [-0.2, 0) is 0 Å². The van der Waals surface area contributed by atoms with Crippen LogP contribution in [0.4, 0.5) is 0 Å². The Hall–Kier alpha value is -0.0800. The van der Waals surface area contributed by atoms with Crippen LogP contribution >= 0.6 is 0 Å². The highest BCUT2D eigenvalue weighted by Crippen LogP contribution is 2.32. The third-order valence-corrected chi connectivity index (χ3v) is 5.17. The molecule has 0 bridgehead atoms. The monoisotopic (exact) mass is 266 g/mol. The Bertz CT molecular complexity index is 261. The van der Waals surface area contributed by atoms with Crippen molar-refractivity contribution in [2.24, 2.45) is 11.3 Å². The van der Waals surface area contributed by atoms with Gasteiger partial charge in [0.05, 0.1) is 6.17 Å². The summed E-state index contributed by atoms with van der Waals surface area (Å²) in [4.78, 5) is 0. The molecule has 2 rings (SSSR count). The van der Waals surface area contributed by atoms with E-state index >= 15 is 0 Å². The van der Waals surface area contributed by atoms with E-state index in [1.165, 1.54) is 51.4 Å². The molecule has 1 aliphatic heterocycles. The van der Waals surface area contributed by atoms with Crippen LogP contribution in [0.2, 0.25) is 0 Å². The number of hydrogen-bond donors (Lipinski definition) is 2. The smallest absolute Gasteiger partial charge is 0.0547 e. The molecule has 19 heavy (non-hydrogen) atoms. The van der Waals surface area contributed by atoms with Crippen molar-refractivity contribution in [1.82, 2.24) is 10.6 Å². The van der Waals surface area contributed by atoms with Gasteiger partial charge in [-0.3, -0.25) is 10.6 Å². The van der Waals surface area contributed by atoms with Gasteiger partial charge < -0.3 is 0 Å². The molecular formula is C17H34N2. The molecule has 2 fully saturated rings. The van der Waals surface area contributed by atoms with E-state index in [2.05, 4.69) is 38.3 Å². The van der Waals surface area contributed by atoms with Crippen LogP contribution in [-0.4, -0.2) is 18.2 Å². The zero-order valence-corrected chi connectivity index (χ0v) is 13.5. The van der Waals surface area contributed by atoms with Gasteiger partial charge in [-0.25, -0.2) is 0 Å². The van der Waals surface area contributed by atoms with E-state index in [1.54, 1.807) is 0 Å². The summed E-state index contributed by atoms with van der Waals surface area (Å²) >= 11 is 0. The number of nitrogens with one attached hydrogen (secondary N) is 2. The highest BCUT2D eigenvalue weighted by atomic mass is 15.2. The maximum absolute atomic E-state index is 3.83. The quantitative estimate of drug-likeness (QED) is 0.748. The second kappa shape index (κ2) is 6.58. The molecule has 2 N–H and O–H groups in total. The fraction of sp³-hybridized carbons (Fsp3) is 1.00. The normalized spacial score (nSPS) is 35.7. The lowest BCUT2D eigenvalue weighted by molar-refractivity contribution is 0.122. The summed E-state index contributed by atoms with van der Waals surface area (Å²) in [7, 11) is 0. The maximum atomic E-state index is 3.83. The van der Waals surface area contributed by atoms with E-state index in [1.807, 2.05) is 0 Å². The molecule has 112 valence electrons. The van der Waals surface area contributed by atoms with E-state index in [4.69, 9.17) is 0 Å². The minimum atomic E-state index is 0.371. The minimum absolute atomic E-state index is 0.371. The summed E-state index contributed by atoms with van der Waals surface area (Å²) < 4.78 is 0. The van der Waals surface area contributed by atoms with Crippen molar-refractivity contribution in [1.29, 1.82) is 0 Å². The van der Waals surface area contributed by atoms with E-state index in [9.17, 15) is 0 Å². The van der Waals surface area contributed by atoms with Gasteiger partial charge in [-0.05, 0) is 37.5 Å². The van der Waals surface area contributed by atoms with Crippen molar-refractivity contribution in [3.63, 3.8) is 0 Å². The Morgan fingerprint density at radius 3 is 2.00 bits per heavy atom. The second-order valence-corrected chi connectivity index (χ2v) is 7.92. The molecule has 2 aliphatic rings. The summed E-state index contributed by atoms with van der Waals surface area (Å²) in [5.41, 5.74) is 0.371. The van der Waals surface area contributed by atoms with Gasteiger partial charge in [-0.15, -0.1) is 0 Å². The van der Waals surface area contributed by atoms with E-state index in [0.717, 1.165) is 12.0 Å². The molecule has 0 aromatic carbocycles. The Labute approximate surface area is 120 Å². The van der Waals surface area contributed by atoms with E-state index < -0.39 is 0 Å². The highest BCUT2D eigenvalue weighted by molar-refractivity contribution is 4.94. The molecule has 0 spiro atoms. The molecule has 3 atom stereocenters. The predicted molar refractivity (Wildman–Crippen MR) is 83.2 cm³/mol. The average Bonchev–Trinajstić information content (AvgIpc) is 2.26. The topological polar surface area (TPSA) is 24.1 Å². The largest absolute Gasteiger partial charge is 0.299 e. The SMILES string of the molecule is CC1NC(C2CCCCCCC2)CC(C(C)(C)C)N1. The van der Waals surface area contributed by atoms with E-state index in [0.29, 0.717) is 17.6 Å². The lowest BCUT2D eigenvalue weighted by Crippen LogP contribution is -2.62. The van der Waals surface area contributed by atoms with Gasteiger partial charge in [0.2, 0.25) is 0 Å².